The maximum absolute atomic E-state index is 14.6. The van der Waals surface area contributed by atoms with Crippen LogP contribution in [0.1, 0.15) is 22.3 Å². The number of halogens is 1. The van der Waals surface area contributed by atoms with Gasteiger partial charge in [-0.15, -0.1) is 0 Å². The first kappa shape index (κ1) is 26.2. The molecule has 0 fully saturated rings. The Labute approximate surface area is 272 Å². The van der Waals surface area contributed by atoms with E-state index < -0.39 is 5.41 Å². The molecule has 0 bridgehead atoms. The Bertz CT molecular complexity index is 2500. The molecule has 0 aromatic heterocycles. The van der Waals surface area contributed by atoms with Gasteiger partial charge in [0.1, 0.15) is 5.82 Å². The van der Waals surface area contributed by atoms with Gasteiger partial charge >= 0.3 is 0 Å². The van der Waals surface area contributed by atoms with E-state index in [-0.39, 0.29) is 5.82 Å². The fourth-order valence-corrected chi connectivity index (χ4v) is 8.51. The first-order valence-electron chi connectivity index (χ1n) is 16.1. The van der Waals surface area contributed by atoms with Gasteiger partial charge in [0.05, 0.1) is 5.41 Å². The van der Waals surface area contributed by atoms with Gasteiger partial charge in [-0.05, 0) is 109 Å². The molecule has 2 heteroatoms. The molecule has 2 aliphatic rings. The lowest BCUT2D eigenvalue weighted by Gasteiger charge is -2.32. The Balaban J connectivity index is 1.30. The summed E-state index contributed by atoms with van der Waals surface area (Å²) in [5, 5.41) is 4.90. The lowest BCUT2D eigenvalue weighted by molar-refractivity contribution is 0.628. The molecule has 0 atom stereocenters. The number of anilines is 3. The lowest BCUT2D eigenvalue weighted by atomic mass is 9.69. The van der Waals surface area contributed by atoms with E-state index in [1.165, 1.54) is 66.7 Å². The van der Waals surface area contributed by atoms with E-state index in [0.29, 0.717) is 0 Å². The number of hydrogen-bond donors (Lipinski definition) is 0. The standard InChI is InChI=1S/C45H28FN/c46-31-12-10-15-33(28-31)47(32-13-2-1-3-14-32)34-23-25-36-30(27-34)21-24-39-43-35-16-5-4-11-29(35)22-26-42(43)45(44(36)39)40-19-8-6-17-37(40)38-18-7-9-20-41(38)45/h1-28H. The van der Waals surface area contributed by atoms with Crippen LogP contribution >= 0.6 is 0 Å². The van der Waals surface area contributed by atoms with Crippen molar-refractivity contribution in [1.29, 1.82) is 0 Å². The van der Waals surface area contributed by atoms with Crippen LogP contribution < -0.4 is 4.90 Å². The summed E-state index contributed by atoms with van der Waals surface area (Å²) < 4.78 is 14.6. The Hall–Kier alpha value is -5.99. The first-order valence-corrected chi connectivity index (χ1v) is 16.1. The molecule has 0 saturated heterocycles. The van der Waals surface area contributed by atoms with Crippen molar-refractivity contribution in [3.8, 4) is 22.3 Å². The molecule has 47 heavy (non-hydrogen) atoms. The van der Waals surface area contributed by atoms with Crippen molar-refractivity contribution in [3.63, 3.8) is 0 Å². The summed E-state index contributed by atoms with van der Waals surface area (Å²) in [5.74, 6) is -0.257. The minimum atomic E-state index is -0.454. The van der Waals surface area contributed by atoms with Crippen molar-refractivity contribution < 1.29 is 4.39 Å². The Morgan fingerprint density at radius 1 is 0.404 bits per heavy atom. The maximum Gasteiger partial charge on any atom is 0.125 e. The third-order valence-electron chi connectivity index (χ3n) is 10.3. The number of rotatable bonds is 3. The molecular weight excluding hydrogens is 574 g/mol. The maximum atomic E-state index is 14.6. The van der Waals surface area contributed by atoms with E-state index in [0.717, 1.165) is 22.4 Å². The zero-order valence-electron chi connectivity index (χ0n) is 25.5. The molecule has 0 heterocycles. The predicted octanol–water partition coefficient (Wildman–Crippen LogP) is 11.9. The van der Waals surface area contributed by atoms with Gasteiger partial charge in [-0.3, -0.25) is 0 Å². The van der Waals surface area contributed by atoms with Gasteiger partial charge in [0, 0.05) is 17.1 Å². The topological polar surface area (TPSA) is 3.24 Å². The van der Waals surface area contributed by atoms with Crippen LogP contribution in [0.15, 0.2) is 170 Å². The van der Waals surface area contributed by atoms with Crippen molar-refractivity contribution >= 4 is 38.6 Å². The second-order valence-electron chi connectivity index (χ2n) is 12.6. The molecule has 1 nitrogen and oxygen atoms in total. The van der Waals surface area contributed by atoms with E-state index in [2.05, 4.69) is 132 Å². The number of benzene rings is 8. The van der Waals surface area contributed by atoms with E-state index in [1.807, 2.05) is 24.3 Å². The third kappa shape index (κ3) is 3.53. The summed E-state index contributed by atoms with van der Waals surface area (Å²) >= 11 is 0. The van der Waals surface area contributed by atoms with Crippen LogP contribution in [0.2, 0.25) is 0 Å². The normalized spacial score (nSPS) is 13.4. The van der Waals surface area contributed by atoms with Crippen LogP contribution in [0.5, 0.6) is 0 Å². The van der Waals surface area contributed by atoms with Crippen LogP contribution in [0.25, 0.3) is 43.8 Å². The molecule has 8 aromatic rings. The molecule has 0 saturated carbocycles. The largest absolute Gasteiger partial charge is 0.310 e. The summed E-state index contributed by atoms with van der Waals surface area (Å²) in [4.78, 5) is 2.13. The van der Waals surface area contributed by atoms with Crippen LogP contribution in [0.3, 0.4) is 0 Å². The van der Waals surface area contributed by atoms with Gasteiger partial charge in [-0.1, -0.05) is 127 Å². The number of fused-ring (bicyclic) bond motifs is 14. The van der Waals surface area contributed by atoms with Crippen molar-refractivity contribution in [3.05, 3.63) is 198 Å². The van der Waals surface area contributed by atoms with E-state index >= 15 is 0 Å². The van der Waals surface area contributed by atoms with Crippen LogP contribution in [-0.2, 0) is 5.41 Å². The minimum Gasteiger partial charge on any atom is -0.310 e. The van der Waals surface area contributed by atoms with Gasteiger partial charge < -0.3 is 4.90 Å². The molecule has 220 valence electrons. The smallest absolute Gasteiger partial charge is 0.125 e. The molecule has 8 aromatic carbocycles. The molecule has 0 unspecified atom stereocenters. The molecule has 0 aliphatic heterocycles. The van der Waals surface area contributed by atoms with Gasteiger partial charge in [0.15, 0.2) is 0 Å². The Kier molecular flexibility index (Phi) is 5.45. The van der Waals surface area contributed by atoms with Gasteiger partial charge in [-0.25, -0.2) is 4.39 Å². The highest BCUT2D eigenvalue weighted by Crippen LogP contribution is 2.65. The van der Waals surface area contributed by atoms with Crippen molar-refractivity contribution in [1.82, 2.24) is 0 Å². The third-order valence-corrected chi connectivity index (χ3v) is 10.3. The number of para-hydroxylation sites is 1. The van der Waals surface area contributed by atoms with Crippen molar-refractivity contribution in [2.45, 2.75) is 5.41 Å². The SMILES string of the molecule is Fc1cccc(N(c2ccccc2)c2ccc3c4c(ccc3c2)-c2c(ccc3ccccc23)C42c3ccccc3-c3ccccc32)c1. The van der Waals surface area contributed by atoms with Crippen molar-refractivity contribution in [2.75, 3.05) is 4.90 Å². The zero-order valence-corrected chi connectivity index (χ0v) is 25.5. The summed E-state index contributed by atoms with van der Waals surface area (Å²) in [7, 11) is 0. The van der Waals surface area contributed by atoms with E-state index in [1.54, 1.807) is 12.1 Å². The quantitative estimate of drug-likeness (QED) is 0.195. The fourth-order valence-electron chi connectivity index (χ4n) is 8.51. The molecule has 10 rings (SSSR count). The predicted molar refractivity (Wildman–Crippen MR) is 192 cm³/mol. The molecule has 0 N–H and O–H groups in total. The average Bonchev–Trinajstić information content (AvgIpc) is 3.60. The lowest BCUT2D eigenvalue weighted by Crippen LogP contribution is -2.26. The highest BCUT2D eigenvalue weighted by Gasteiger charge is 2.52. The van der Waals surface area contributed by atoms with Crippen LogP contribution in [-0.4, -0.2) is 0 Å². The first-order chi connectivity index (χ1) is 23.2. The van der Waals surface area contributed by atoms with Gasteiger partial charge in [-0.2, -0.15) is 0 Å². The van der Waals surface area contributed by atoms with Gasteiger partial charge in [0.25, 0.3) is 0 Å². The average molecular weight is 602 g/mol. The second-order valence-corrected chi connectivity index (χ2v) is 12.6. The highest BCUT2D eigenvalue weighted by atomic mass is 19.1. The second kappa shape index (κ2) is 9.75. The Morgan fingerprint density at radius 2 is 1.06 bits per heavy atom. The monoisotopic (exact) mass is 601 g/mol. The molecule has 1 spiro atoms. The Morgan fingerprint density at radius 3 is 1.85 bits per heavy atom. The molecule has 0 amide bonds. The molecule has 0 radical (unpaired) electrons. The zero-order chi connectivity index (χ0) is 31.1. The van der Waals surface area contributed by atoms with E-state index in [4.69, 9.17) is 0 Å². The minimum absolute atomic E-state index is 0.257. The number of nitrogens with zero attached hydrogens (tertiary/aromatic N) is 1. The fraction of sp³-hybridized carbons (Fsp3) is 0.0222. The van der Waals surface area contributed by atoms with Crippen molar-refractivity contribution in [2.24, 2.45) is 0 Å². The van der Waals surface area contributed by atoms with Crippen LogP contribution in [0.4, 0.5) is 21.5 Å². The summed E-state index contributed by atoms with van der Waals surface area (Å²) in [6, 6.07) is 59.7. The molecular formula is C45H28FN. The molecule has 2 aliphatic carbocycles. The highest BCUT2D eigenvalue weighted by molar-refractivity contribution is 6.11. The van der Waals surface area contributed by atoms with Gasteiger partial charge in [0.2, 0.25) is 0 Å². The summed E-state index contributed by atoms with van der Waals surface area (Å²) in [5.41, 5.74) is 12.8. The number of hydrogen-bond acceptors (Lipinski definition) is 1. The summed E-state index contributed by atoms with van der Waals surface area (Å²) in [6.45, 7) is 0. The van der Waals surface area contributed by atoms with E-state index in [9.17, 15) is 4.39 Å². The summed E-state index contributed by atoms with van der Waals surface area (Å²) in [6.07, 6.45) is 0. The van der Waals surface area contributed by atoms with Crippen LogP contribution in [0, 0.1) is 5.82 Å².